The van der Waals surface area contributed by atoms with Gasteiger partial charge in [-0.05, 0) is 5.56 Å². The minimum Gasteiger partial charge on any atom is -0.300 e. The molecule has 0 aliphatic carbocycles. The van der Waals surface area contributed by atoms with Crippen molar-refractivity contribution < 1.29 is 28.4 Å². The van der Waals surface area contributed by atoms with Gasteiger partial charge in [-0.25, -0.2) is 5.90 Å². The van der Waals surface area contributed by atoms with Crippen LogP contribution in [0.4, 0.5) is 23.5 Å². The second-order valence-corrected chi connectivity index (χ2v) is 1.80. The highest BCUT2D eigenvalue weighted by atomic mass is 19.0. The predicted molar refractivity (Wildman–Crippen MR) is 47.9 cm³/mol. The van der Waals surface area contributed by atoms with Crippen molar-refractivity contribution in [1.82, 2.24) is 0 Å². The molecule has 0 aromatic heterocycles. The minimum absolute atomic E-state index is 0. The van der Waals surface area contributed by atoms with Crippen molar-refractivity contribution in [2.45, 2.75) is 6.61 Å². The van der Waals surface area contributed by atoms with Gasteiger partial charge in [-0.3, -0.25) is 28.4 Å². The molecule has 0 saturated carbocycles. The van der Waals surface area contributed by atoms with Crippen LogP contribution in [0.15, 0.2) is 30.3 Å². The second-order valence-electron chi connectivity index (χ2n) is 1.80. The van der Waals surface area contributed by atoms with E-state index in [0.717, 1.165) is 5.56 Å². The predicted octanol–water partition coefficient (Wildman–Crippen LogP) is 1.84. The van der Waals surface area contributed by atoms with Crippen molar-refractivity contribution in [2.24, 2.45) is 5.90 Å². The van der Waals surface area contributed by atoms with E-state index >= 15 is 0 Å². The fraction of sp³-hybridized carbons (Fsp3) is 0.143. The van der Waals surface area contributed by atoms with Crippen LogP contribution in [0.1, 0.15) is 5.56 Å². The number of hydrogen-bond acceptors (Lipinski definition) is 2. The molecule has 2 nitrogen and oxygen atoms in total. The molecule has 0 fully saturated rings. The first kappa shape index (κ1) is 29.3. The minimum atomic E-state index is 0. The van der Waals surface area contributed by atoms with Crippen LogP contribution in [0.3, 0.4) is 0 Å². The average Bonchev–Trinajstić information content (AvgIpc) is 1.91. The highest BCUT2D eigenvalue weighted by Gasteiger charge is 1.85. The van der Waals surface area contributed by atoms with Crippen molar-refractivity contribution in [3.8, 4) is 0 Å². The Kier molecular flexibility index (Phi) is 37.2. The Labute approximate surface area is 77.8 Å². The standard InChI is InChI=1S/C7H9NO.5FH/c8-9-6-7-4-2-1-3-5-7;;;;;/h1-5H,6,8H2;5*1H. The highest BCUT2D eigenvalue weighted by Crippen LogP contribution is 1.97. The van der Waals surface area contributed by atoms with E-state index in [1.54, 1.807) is 0 Å². The second kappa shape index (κ2) is 17.8. The summed E-state index contributed by atoms with van der Waals surface area (Å²) in [5, 5.41) is 0. The molecule has 1 rings (SSSR count). The quantitative estimate of drug-likeness (QED) is 0.613. The van der Waals surface area contributed by atoms with Gasteiger partial charge in [-0.15, -0.1) is 0 Å². The Morgan fingerprint density at radius 3 is 1.64 bits per heavy atom. The summed E-state index contributed by atoms with van der Waals surface area (Å²) in [6.45, 7) is 0.487. The normalized spacial score (nSPS) is 6.07. The fourth-order valence-electron chi connectivity index (χ4n) is 0.670. The van der Waals surface area contributed by atoms with Gasteiger partial charge in [0.05, 0.1) is 6.61 Å². The lowest BCUT2D eigenvalue weighted by Gasteiger charge is -1.94. The maximum absolute atomic E-state index is 4.86. The summed E-state index contributed by atoms with van der Waals surface area (Å²) in [5.41, 5.74) is 1.10. The molecule has 2 N–H and O–H groups in total. The van der Waals surface area contributed by atoms with Crippen LogP contribution in [0.25, 0.3) is 0 Å². The number of benzene rings is 1. The molecule has 0 heterocycles. The van der Waals surface area contributed by atoms with Crippen LogP contribution < -0.4 is 5.90 Å². The number of halogens is 5. The van der Waals surface area contributed by atoms with Gasteiger partial charge >= 0.3 is 0 Å². The third-order valence-corrected chi connectivity index (χ3v) is 1.09. The Bertz CT molecular complexity index is 175. The molecule has 1 aromatic carbocycles. The molecule has 0 amide bonds. The van der Waals surface area contributed by atoms with E-state index in [9.17, 15) is 0 Å². The molecule has 88 valence electrons. The Balaban J connectivity index is -0.0000000540. The molecule has 7 heteroatoms. The smallest absolute Gasteiger partial charge is 0.0930 e. The Morgan fingerprint density at radius 2 is 1.29 bits per heavy atom. The van der Waals surface area contributed by atoms with Crippen LogP contribution in [-0.4, -0.2) is 0 Å². The number of nitrogens with two attached hydrogens (primary N) is 1. The first-order valence-corrected chi connectivity index (χ1v) is 2.79. The summed E-state index contributed by atoms with van der Waals surface area (Å²) in [7, 11) is 0. The van der Waals surface area contributed by atoms with Gasteiger partial charge in [-0.1, -0.05) is 30.3 Å². The Hall–Kier alpha value is -1.21. The molecule has 0 bridgehead atoms. The summed E-state index contributed by atoms with van der Waals surface area (Å²) in [6.07, 6.45) is 0. The SMILES string of the molecule is F.F.F.F.F.NOCc1ccccc1. The highest BCUT2D eigenvalue weighted by molar-refractivity contribution is 5.13. The molecule has 0 saturated heterocycles. The van der Waals surface area contributed by atoms with Crippen molar-refractivity contribution in [1.29, 1.82) is 0 Å². The molecule has 0 aliphatic heterocycles. The lowest BCUT2D eigenvalue weighted by molar-refractivity contribution is 0.124. The zero-order valence-corrected chi connectivity index (χ0v) is 7.12. The zero-order valence-electron chi connectivity index (χ0n) is 7.12. The lowest BCUT2D eigenvalue weighted by atomic mass is 10.2. The van der Waals surface area contributed by atoms with Crippen LogP contribution in [0.5, 0.6) is 0 Å². The van der Waals surface area contributed by atoms with Gasteiger partial charge in [0.2, 0.25) is 0 Å². The topological polar surface area (TPSA) is 35.2 Å². The van der Waals surface area contributed by atoms with E-state index in [-0.39, 0.29) is 23.5 Å². The average molecular weight is 223 g/mol. The number of rotatable bonds is 2. The van der Waals surface area contributed by atoms with Gasteiger partial charge in [0.25, 0.3) is 0 Å². The molecule has 0 atom stereocenters. The lowest BCUT2D eigenvalue weighted by Crippen LogP contribution is -1.97. The van der Waals surface area contributed by atoms with Gasteiger partial charge in [-0.2, -0.15) is 0 Å². The maximum atomic E-state index is 4.86. The van der Waals surface area contributed by atoms with Gasteiger partial charge in [0.1, 0.15) is 0 Å². The molecule has 0 unspecified atom stereocenters. The van der Waals surface area contributed by atoms with E-state index in [2.05, 4.69) is 4.84 Å². The van der Waals surface area contributed by atoms with Gasteiger partial charge < -0.3 is 0 Å². The van der Waals surface area contributed by atoms with Crippen LogP contribution in [0, 0.1) is 0 Å². The van der Waals surface area contributed by atoms with Crippen LogP contribution in [0.2, 0.25) is 0 Å². The van der Waals surface area contributed by atoms with E-state index in [4.69, 9.17) is 5.90 Å². The molecular weight excluding hydrogens is 209 g/mol. The maximum Gasteiger partial charge on any atom is 0.0930 e. The third-order valence-electron chi connectivity index (χ3n) is 1.09. The van der Waals surface area contributed by atoms with E-state index in [0.29, 0.717) is 6.61 Å². The summed E-state index contributed by atoms with van der Waals surface area (Å²) in [5.74, 6) is 4.86. The van der Waals surface area contributed by atoms with E-state index < -0.39 is 0 Å². The molecule has 0 radical (unpaired) electrons. The van der Waals surface area contributed by atoms with Crippen LogP contribution >= 0.6 is 0 Å². The Morgan fingerprint density at radius 1 is 0.857 bits per heavy atom. The molecule has 0 aliphatic rings. The fourth-order valence-corrected chi connectivity index (χ4v) is 0.670. The summed E-state index contributed by atoms with van der Waals surface area (Å²) in [6, 6.07) is 9.79. The molecule has 14 heavy (non-hydrogen) atoms. The molecular formula is C7H14F5NO. The largest absolute Gasteiger partial charge is 0.300 e. The first-order chi connectivity index (χ1) is 4.43. The molecule has 1 aromatic rings. The summed E-state index contributed by atoms with van der Waals surface area (Å²) < 4.78 is 0. The van der Waals surface area contributed by atoms with Crippen LogP contribution in [-0.2, 0) is 11.4 Å². The number of hydrogen-bond donors (Lipinski definition) is 1. The summed E-state index contributed by atoms with van der Waals surface area (Å²) in [4.78, 5) is 4.43. The first-order valence-electron chi connectivity index (χ1n) is 2.79. The van der Waals surface area contributed by atoms with Crippen molar-refractivity contribution >= 4 is 0 Å². The van der Waals surface area contributed by atoms with Crippen molar-refractivity contribution in [2.75, 3.05) is 0 Å². The van der Waals surface area contributed by atoms with Crippen molar-refractivity contribution in [3.05, 3.63) is 35.9 Å². The monoisotopic (exact) mass is 223 g/mol. The van der Waals surface area contributed by atoms with Gasteiger partial charge in [0.15, 0.2) is 0 Å². The summed E-state index contributed by atoms with van der Waals surface area (Å²) >= 11 is 0. The van der Waals surface area contributed by atoms with E-state index in [1.807, 2.05) is 30.3 Å². The van der Waals surface area contributed by atoms with E-state index in [1.165, 1.54) is 0 Å². The third kappa shape index (κ3) is 10.8. The molecule has 0 spiro atoms. The zero-order chi connectivity index (χ0) is 6.53. The van der Waals surface area contributed by atoms with Gasteiger partial charge in [0, 0.05) is 0 Å². The van der Waals surface area contributed by atoms with Crippen molar-refractivity contribution in [3.63, 3.8) is 0 Å².